The molecule has 0 atom stereocenters. The fraction of sp³-hybridized carbons (Fsp3) is 0.636. The maximum atomic E-state index is 11.4. The summed E-state index contributed by atoms with van der Waals surface area (Å²) in [6, 6.07) is 0. The second-order valence-corrected chi connectivity index (χ2v) is 4.32. The molecule has 1 aromatic rings. The Kier molecular flexibility index (Phi) is 3.21. The fourth-order valence-corrected chi connectivity index (χ4v) is 2.10. The van der Waals surface area contributed by atoms with Crippen LogP contribution < -0.4 is 16.0 Å². The maximum absolute atomic E-state index is 11.4. The third-order valence-electron chi connectivity index (χ3n) is 2.92. The first-order valence-electron chi connectivity index (χ1n) is 5.98. The van der Waals surface area contributed by atoms with Crippen LogP contribution in [0.5, 0.6) is 0 Å². The number of aromatic nitrogens is 2. The summed E-state index contributed by atoms with van der Waals surface area (Å²) in [5.41, 5.74) is 7.57. The Morgan fingerprint density at radius 1 is 1.53 bits per heavy atom. The molecular formula is C11H19N5O. The van der Waals surface area contributed by atoms with Gasteiger partial charge in [0.15, 0.2) is 5.82 Å². The van der Waals surface area contributed by atoms with Crippen molar-refractivity contribution >= 4 is 17.4 Å². The molecule has 1 saturated heterocycles. The van der Waals surface area contributed by atoms with Crippen LogP contribution in [0.1, 0.15) is 19.0 Å². The normalized spacial score (nSPS) is 16.1. The highest BCUT2D eigenvalue weighted by molar-refractivity contribution is 5.84. The number of nitrogens with two attached hydrogens (primary N) is 1. The first-order chi connectivity index (χ1) is 8.13. The van der Waals surface area contributed by atoms with Crippen LogP contribution in [0.3, 0.4) is 0 Å². The van der Waals surface area contributed by atoms with E-state index in [1.165, 1.54) is 0 Å². The molecule has 0 aliphatic carbocycles. The quantitative estimate of drug-likeness (QED) is 0.783. The third-order valence-corrected chi connectivity index (χ3v) is 2.92. The van der Waals surface area contributed by atoms with E-state index in [0.717, 1.165) is 31.0 Å². The molecule has 6 nitrogen and oxygen atoms in total. The van der Waals surface area contributed by atoms with Gasteiger partial charge in [-0.25, -0.2) is 4.68 Å². The van der Waals surface area contributed by atoms with Gasteiger partial charge in [0.1, 0.15) is 0 Å². The lowest BCUT2D eigenvalue weighted by atomic mass is 10.3. The van der Waals surface area contributed by atoms with Crippen molar-refractivity contribution in [2.75, 3.05) is 30.3 Å². The van der Waals surface area contributed by atoms with Crippen molar-refractivity contribution in [3.8, 4) is 0 Å². The monoisotopic (exact) mass is 237 g/mol. The van der Waals surface area contributed by atoms with Gasteiger partial charge in [0.2, 0.25) is 5.91 Å². The Morgan fingerprint density at radius 2 is 2.29 bits per heavy atom. The molecule has 3 N–H and O–H groups in total. The molecule has 0 saturated carbocycles. The number of anilines is 2. The van der Waals surface area contributed by atoms with E-state index in [2.05, 4.69) is 17.3 Å². The minimum Gasteiger partial charge on any atom is -0.394 e. The number of piperazine rings is 1. The summed E-state index contributed by atoms with van der Waals surface area (Å²) in [7, 11) is 0. The number of nitrogens with one attached hydrogen (secondary N) is 1. The second-order valence-electron chi connectivity index (χ2n) is 4.32. The topological polar surface area (TPSA) is 76.2 Å². The number of hydrogen-bond acceptors (Lipinski definition) is 4. The van der Waals surface area contributed by atoms with Crippen LogP contribution in [0, 0.1) is 6.92 Å². The molecule has 1 amide bonds. The predicted molar refractivity (Wildman–Crippen MR) is 66.9 cm³/mol. The number of carbonyl (C=O) groups is 1. The molecule has 6 heteroatoms. The van der Waals surface area contributed by atoms with Crippen molar-refractivity contribution < 1.29 is 4.79 Å². The molecule has 0 unspecified atom stereocenters. The van der Waals surface area contributed by atoms with E-state index < -0.39 is 0 Å². The lowest BCUT2D eigenvalue weighted by molar-refractivity contribution is -0.120. The van der Waals surface area contributed by atoms with Crippen molar-refractivity contribution in [3.63, 3.8) is 0 Å². The van der Waals surface area contributed by atoms with Crippen LogP contribution in [0.25, 0.3) is 0 Å². The zero-order chi connectivity index (χ0) is 12.4. The highest BCUT2D eigenvalue weighted by Crippen LogP contribution is 2.27. The molecule has 2 heterocycles. The lowest BCUT2D eigenvalue weighted by Crippen LogP contribution is -2.48. The van der Waals surface area contributed by atoms with Crippen molar-refractivity contribution in [1.82, 2.24) is 15.1 Å². The van der Waals surface area contributed by atoms with E-state index in [4.69, 9.17) is 5.73 Å². The number of nitrogen functional groups attached to an aromatic ring is 1. The predicted octanol–water partition coefficient (Wildman–Crippen LogP) is 0.120. The van der Waals surface area contributed by atoms with E-state index in [9.17, 15) is 4.79 Å². The van der Waals surface area contributed by atoms with Gasteiger partial charge in [0, 0.05) is 19.6 Å². The molecule has 1 aliphatic heterocycles. The first kappa shape index (κ1) is 11.8. The Labute approximate surface area is 101 Å². The van der Waals surface area contributed by atoms with Gasteiger partial charge >= 0.3 is 0 Å². The second kappa shape index (κ2) is 4.65. The van der Waals surface area contributed by atoms with E-state index in [0.29, 0.717) is 18.8 Å². The van der Waals surface area contributed by atoms with E-state index in [-0.39, 0.29) is 5.91 Å². The average molecular weight is 237 g/mol. The minimum absolute atomic E-state index is 0.0394. The molecule has 1 aromatic heterocycles. The van der Waals surface area contributed by atoms with Crippen molar-refractivity contribution in [3.05, 3.63) is 5.69 Å². The highest BCUT2D eigenvalue weighted by atomic mass is 16.2. The number of amides is 1. The molecule has 0 radical (unpaired) electrons. The number of rotatable bonds is 3. The molecule has 0 bridgehead atoms. The molecule has 1 fully saturated rings. The van der Waals surface area contributed by atoms with Gasteiger partial charge in [-0.2, -0.15) is 5.10 Å². The van der Waals surface area contributed by atoms with Crippen LogP contribution >= 0.6 is 0 Å². The van der Waals surface area contributed by atoms with Crippen LogP contribution in [0.15, 0.2) is 0 Å². The molecule has 2 rings (SSSR count). The SMILES string of the molecule is CCCn1nc(C)c(N)c1N1CCNC(=O)C1. The smallest absolute Gasteiger partial charge is 0.239 e. The number of hydrogen-bond donors (Lipinski definition) is 2. The highest BCUT2D eigenvalue weighted by Gasteiger charge is 2.23. The summed E-state index contributed by atoms with van der Waals surface area (Å²) in [4.78, 5) is 13.4. The van der Waals surface area contributed by atoms with Gasteiger partial charge in [-0.05, 0) is 13.3 Å². The lowest BCUT2D eigenvalue weighted by Gasteiger charge is -2.29. The molecule has 17 heavy (non-hydrogen) atoms. The van der Waals surface area contributed by atoms with E-state index in [1.54, 1.807) is 0 Å². The van der Waals surface area contributed by atoms with Crippen LogP contribution in [0.2, 0.25) is 0 Å². The van der Waals surface area contributed by atoms with Gasteiger partial charge in [0.05, 0.1) is 17.9 Å². The van der Waals surface area contributed by atoms with Gasteiger partial charge < -0.3 is 16.0 Å². The largest absolute Gasteiger partial charge is 0.394 e. The third kappa shape index (κ3) is 2.20. The fourth-order valence-electron chi connectivity index (χ4n) is 2.10. The van der Waals surface area contributed by atoms with E-state index in [1.807, 2.05) is 16.5 Å². The summed E-state index contributed by atoms with van der Waals surface area (Å²) in [5.74, 6) is 0.928. The summed E-state index contributed by atoms with van der Waals surface area (Å²) >= 11 is 0. The Bertz CT molecular complexity index is 426. The number of nitrogens with zero attached hydrogens (tertiary/aromatic N) is 3. The minimum atomic E-state index is 0.0394. The molecule has 0 spiro atoms. The van der Waals surface area contributed by atoms with Crippen LogP contribution in [-0.2, 0) is 11.3 Å². The molecular weight excluding hydrogens is 218 g/mol. The standard InChI is InChI=1S/C11H19N5O/c1-3-5-16-11(10(12)8(2)14-16)15-6-4-13-9(17)7-15/h3-7,12H2,1-2H3,(H,13,17). The van der Waals surface area contributed by atoms with Crippen molar-refractivity contribution in [2.24, 2.45) is 0 Å². The maximum Gasteiger partial charge on any atom is 0.239 e. The molecule has 0 aromatic carbocycles. The first-order valence-corrected chi connectivity index (χ1v) is 5.98. The van der Waals surface area contributed by atoms with Gasteiger partial charge in [0.25, 0.3) is 0 Å². The summed E-state index contributed by atoms with van der Waals surface area (Å²) in [6.45, 7) is 6.62. The molecule has 94 valence electrons. The average Bonchev–Trinajstić information content (AvgIpc) is 2.55. The van der Waals surface area contributed by atoms with Gasteiger partial charge in [-0.1, -0.05) is 6.92 Å². The van der Waals surface area contributed by atoms with Crippen molar-refractivity contribution in [2.45, 2.75) is 26.8 Å². The van der Waals surface area contributed by atoms with Crippen LogP contribution in [0.4, 0.5) is 11.5 Å². The van der Waals surface area contributed by atoms with E-state index >= 15 is 0 Å². The van der Waals surface area contributed by atoms with Crippen molar-refractivity contribution in [1.29, 1.82) is 0 Å². The molecule has 1 aliphatic rings. The Balaban J connectivity index is 2.31. The summed E-state index contributed by atoms with van der Waals surface area (Å²) in [5, 5.41) is 7.23. The number of carbonyl (C=O) groups excluding carboxylic acids is 1. The number of aryl methyl sites for hydroxylation is 2. The van der Waals surface area contributed by atoms with Gasteiger partial charge in [-0.15, -0.1) is 0 Å². The zero-order valence-electron chi connectivity index (χ0n) is 10.4. The Hall–Kier alpha value is -1.72. The summed E-state index contributed by atoms with van der Waals surface area (Å²) < 4.78 is 1.91. The Morgan fingerprint density at radius 3 is 2.94 bits per heavy atom. The zero-order valence-corrected chi connectivity index (χ0v) is 10.4. The van der Waals surface area contributed by atoms with Gasteiger partial charge in [-0.3, -0.25) is 4.79 Å². The summed E-state index contributed by atoms with van der Waals surface area (Å²) in [6.07, 6.45) is 0.994. The van der Waals surface area contributed by atoms with Crippen LogP contribution in [-0.4, -0.2) is 35.3 Å².